The van der Waals surface area contributed by atoms with Gasteiger partial charge >= 0.3 is 0 Å². The van der Waals surface area contributed by atoms with Crippen molar-refractivity contribution in [2.24, 2.45) is 0 Å². The Morgan fingerprint density at radius 3 is 2.46 bits per heavy atom. The quantitative estimate of drug-likeness (QED) is 0.606. The van der Waals surface area contributed by atoms with E-state index in [0.717, 1.165) is 11.1 Å². The molecule has 0 radical (unpaired) electrons. The Hall–Kier alpha value is -1.50. The summed E-state index contributed by atoms with van der Waals surface area (Å²) in [4.78, 5) is 0. The van der Waals surface area contributed by atoms with Gasteiger partial charge in [0.1, 0.15) is 0 Å². The third kappa shape index (κ3) is 1.26. The first-order valence-electron chi connectivity index (χ1n) is 4.44. The zero-order valence-corrected chi connectivity index (χ0v) is 7.96. The lowest BCUT2D eigenvalue weighted by Gasteiger charge is -2.05. The molecule has 2 aromatic carbocycles. The van der Waals surface area contributed by atoms with Crippen molar-refractivity contribution >= 4 is 16.5 Å². The van der Waals surface area contributed by atoms with Crippen LogP contribution in [0.4, 0.5) is 5.69 Å². The second kappa shape index (κ2) is 2.77. The molecule has 0 saturated carbocycles. The second-order valence-electron chi connectivity index (χ2n) is 3.50. The maximum Gasteiger partial charge on any atom is 0.0393 e. The van der Waals surface area contributed by atoms with Gasteiger partial charge in [0, 0.05) is 11.1 Å². The van der Waals surface area contributed by atoms with Crippen LogP contribution in [0.2, 0.25) is 0 Å². The van der Waals surface area contributed by atoms with Gasteiger partial charge < -0.3 is 5.73 Å². The van der Waals surface area contributed by atoms with E-state index >= 15 is 0 Å². The molecule has 0 aliphatic heterocycles. The first-order valence-corrected chi connectivity index (χ1v) is 4.44. The van der Waals surface area contributed by atoms with Gasteiger partial charge in [0.15, 0.2) is 0 Å². The fourth-order valence-electron chi connectivity index (χ4n) is 1.57. The van der Waals surface area contributed by atoms with E-state index in [0.29, 0.717) is 0 Å². The van der Waals surface area contributed by atoms with Crippen LogP contribution in [0.5, 0.6) is 0 Å². The van der Waals surface area contributed by atoms with Crippen molar-refractivity contribution in [1.29, 1.82) is 0 Å². The number of aryl methyl sites for hydroxylation is 2. The number of rotatable bonds is 0. The summed E-state index contributed by atoms with van der Waals surface area (Å²) in [5, 5.41) is 2.38. The number of benzene rings is 2. The second-order valence-corrected chi connectivity index (χ2v) is 3.50. The van der Waals surface area contributed by atoms with Crippen LogP contribution in [-0.2, 0) is 0 Å². The van der Waals surface area contributed by atoms with Gasteiger partial charge in [0.2, 0.25) is 0 Å². The molecule has 0 saturated heterocycles. The van der Waals surface area contributed by atoms with Crippen LogP contribution in [0.3, 0.4) is 0 Å². The maximum absolute atomic E-state index is 5.88. The van der Waals surface area contributed by atoms with E-state index in [2.05, 4.69) is 32.0 Å². The SMILES string of the molecule is Cc1cc2cccc(N)c2cc1C. The first kappa shape index (κ1) is 8.11. The van der Waals surface area contributed by atoms with Crippen LogP contribution >= 0.6 is 0 Å². The van der Waals surface area contributed by atoms with Crippen molar-refractivity contribution in [3.63, 3.8) is 0 Å². The topological polar surface area (TPSA) is 26.0 Å². The molecule has 0 unspecified atom stereocenters. The van der Waals surface area contributed by atoms with Gasteiger partial charge in [0.05, 0.1) is 0 Å². The van der Waals surface area contributed by atoms with Crippen molar-refractivity contribution in [3.8, 4) is 0 Å². The van der Waals surface area contributed by atoms with E-state index in [9.17, 15) is 0 Å². The molecule has 0 amide bonds. The van der Waals surface area contributed by atoms with Crippen LogP contribution in [-0.4, -0.2) is 0 Å². The number of nitrogens with two attached hydrogens (primary N) is 1. The van der Waals surface area contributed by atoms with Crippen LogP contribution in [0.15, 0.2) is 30.3 Å². The summed E-state index contributed by atoms with van der Waals surface area (Å²) in [6, 6.07) is 10.4. The van der Waals surface area contributed by atoms with Crippen molar-refractivity contribution < 1.29 is 0 Å². The fraction of sp³-hybridized carbons (Fsp3) is 0.167. The minimum absolute atomic E-state index is 0.862. The minimum Gasteiger partial charge on any atom is -0.398 e. The molecular formula is C12H13N. The summed E-state index contributed by atoms with van der Waals surface area (Å²) in [6.45, 7) is 4.24. The van der Waals surface area contributed by atoms with Crippen molar-refractivity contribution in [3.05, 3.63) is 41.5 Å². The van der Waals surface area contributed by atoms with Gasteiger partial charge in [-0.25, -0.2) is 0 Å². The average Bonchev–Trinajstić information content (AvgIpc) is 2.09. The van der Waals surface area contributed by atoms with E-state index in [1.807, 2.05) is 12.1 Å². The summed E-state index contributed by atoms with van der Waals surface area (Å²) in [5.74, 6) is 0. The molecule has 0 aromatic heterocycles. The van der Waals surface area contributed by atoms with Gasteiger partial charge in [-0.3, -0.25) is 0 Å². The monoisotopic (exact) mass is 171 g/mol. The summed E-state index contributed by atoms with van der Waals surface area (Å²) in [5.41, 5.74) is 9.35. The number of fused-ring (bicyclic) bond motifs is 1. The Kier molecular flexibility index (Phi) is 1.73. The predicted molar refractivity (Wildman–Crippen MR) is 57.8 cm³/mol. The van der Waals surface area contributed by atoms with Gasteiger partial charge in [-0.1, -0.05) is 18.2 Å². The van der Waals surface area contributed by atoms with Crippen molar-refractivity contribution in [1.82, 2.24) is 0 Å². The Morgan fingerprint density at radius 2 is 1.69 bits per heavy atom. The number of nitrogen functional groups attached to an aromatic ring is 1. The van der Waals surface area contributed by atoms with E-state index in [4.69, 9.17) is 5.73 Å². The molecule has 1 nitrogen and oxygen atoms in total. The first-order chi connectivity index (χ1) is 6.18. The molecular weight excluding hydrogens is 158 g/mol. The molecule has 13 heavy (non-hydrogen) atoms. The number of hydrogen-bond acceptors (Lipinski definition) is 1. The van der Waals surface area contributed by atoms with E-state index < -0.39 is 0 Å². The number of hydrogen-bond donors (Lipinski definition) is 1. The molecule has 0 bridgehead atoms. The largest absolute Gasteiger partial charge is 0.398 e. The highest BCUT2D eigenvalue weighted by Crippen LogP contribution is 2.23. The van der Waals surface area contributed by atoms with Gasteiger partial charge in [-0.15, -0.1) is 0 Å². The van der Waals surface area contributed by atoms with E-state index in [1.54, 1.807) is 0 Å². The predicted octanol–water partition coefficient (Wildman–Crippen LogP) is 3.04. The Bertz CT molecular complexity index is 458. The van der Waals surface area contributed by atoms with Crippen molar-refractivity contribution in [2.45, 2.75) is 13.8 Å². The average molecular weight is 171 g/mol. The van der Waals surface area contributed by atoms with Crippen molar-refractivity contribution in [2.75, 3.05) is 5.73 Å². The lowest BCUT2D eigenvalue weighted by Crippen LogP contribution is -1.88. The summed E-state index contributed by atoms with van der Waals surface area (Å²) >= 11 is 0. The minimum atomic E-state index is 0.862. The standard InChI is InChI=1S/C12H13N/c1-8-6-10-4-3-5-12(13)11(10)7-9(8)2/h3-7H,13H2,1-2H3. The van der Waals surface area contributed by atoms with Gasteiger partial charge in [0.25, 0.3) is 0 Å². The van der Waals surface area contributed by atoms with E-state index in [-0.39, 0.29) is 0 Å². The van der Waals surface area contributed by atoms with Crippen LogP contribution in [0, 0.1) is 13.8 Å². The Balaban J connectivity index is 2.89. The Morgan fingerprint density at radius 1 is 1.00 bits per heavy atom. The maximum atomic E-state index is 5.88. The highest BCUT2D eigenvalue weighted by molar-refractivity contribution is 5.93. The lowest BCUT2D eigenvalue weighted by molar-refractivity contribution is 1.37. The molecule has 2 aromatic rings. The van der Waals surface area contributed by atoms with Crippen LogP contribution in [0.1, 0.15) is 11.1 Å². The zero-order chi connectivity index (χ0) is 9.42. The number of anilines is 1. The molecule has 0 fully saturated rings. The lowest BCUT2D eigenvalue weighted by atomic mass is 10.0. The summed E-state index contributed by atoms with van der Waals surface area (Å²) < 4.78 is 0. The molecule has 2 rings (SSSR count). The van der Waals surface area contributed by atoms with Gasteiger partial charge in [-0.2, -0.15) is 0 Å². The summed E-state index contributed by atoms with van der Waals surface area (Å²) in [7, 11) is 0. The fourth-order valence-corrected chi connectivity index (χ4v) is 1.57. The molecule has 2 N–H and O–H groups in total. The third-order valence-electron chi connectivity index (χ3n) is 2.53. The molecule has 0 aliphatic rings. The molecule has 0 heterocycles. The molecule has 0 aliphatic carbocycles. The molecule has 0 spiro atoms. The van der Waals surface area contributed by atoms with E-state index in [1.165, 1.54) is 16.5 Å². The van der Waals surface area contributed by atoms with Gasteiger partial charge in [-0.05, 0) is 42.5 Å². The van der Waals surface area contributed by atoms with Crippen LogP contribution < -0.4 is 5.73 Å². The highest BCUT2D eigenvalue weighted by atomic mass is 14.5. The molecule has 66 valence electrons. The normalized spacial score (nSPS) is 10.6. The molecule has 0 atom stereocenters. The third-order valence-corrected chi connectivity index (χ3v) is 2.53. The smallest absolute Gasteiger partial charge is 0.0393 e. The molecule has 1 heteroatoms. The highest BCUT2D eigenvalue weighted by Gasteiger charge is 1.99. The zero-order valence-electron chi connectivity index (χ0n) is 7.96. The Labute approximate surface area is 78.2 Å². The summed E-state index contributed by atoms with van der Waals surface area (Å²) in [6.07, 6.45) is 0. The van der Waals surface area contributed by atoms with Crippen LogP contribution in [0.25, 0.3) is 10.8 Å².